The van der Waals surface area contributed by atoms with Crippen molar-refractivity contribution >= 4 is 29.9 Å². The summed E-state index contributed by atoms with van der Waals surface area (Å²) >= 11 is 1.50. The number of hydrogen-bond acceptors (Lipinski definition) is 5. The number of aliphatic carboxylic acids is 1. The lowest BCUT2D eigenvalue weighted by atomic mass is 9.96. The zero-order valence-electron chi connectivity index (χ0n) is 10.7. The Morgan fingerprint density at radius 1 is 1.70 bits per heavy atom. The van der Waals surface area contributed by atoms with Gasteiger partial charge in [0.1, 0.15) is 11.7 Å². The summed E-state index contributed by atoms with van der Waals surface area (Å²) in [6.45, 7) is 2.22. The molecule has 3 atom stereocenters. The Balaban J connectivity index is 1.87. The predicted molar refractivity (Wildman–Crippen MR) is 70.3 cm³/mol. The first-order chi connectivity index (χ1) is 9.44. The van der Waals surface area contributed by atoms with E-state index in [0.717, 1.165) is 0 Å². The van der Waals surface area contributed by atoms with Crippen LogP contribution in [0.25, 0.3) is 0 Å². The van der Waals surface area contributed by atoms with Crippen molar-refractivity contribution in [2.45, 2.75) is 36.1 Å². The molecular formula is C12H13N3O4S. The fourth-order valence-corrected chi connectivity index (χ4v) is 4.64. The number of hydrogen-bond donors (Lipinski definition) is 1. The zero-order valence-corrected chi connectivity index (χ0v) is 11.5. The number of imidazole rings is 1. The number of aldehydes is 1. The van der Waals surface area contributed by atoms with Gasteiger partial charge in [-0.15, -0.1) is 11.8 Å². The van der Waals surface area contributed by atoms with Crippen molar-refractivity contribution in [2.75, 3.05) is 0 Å². The first-order valence-electron chi connectivity index (χ1n) is 6.13. The van der Waals surface area contributed by atoms with Gasteiger partial charge in [-0.2, -0.15) is 0 Å². The molecule has 3 rings (SSSR count). The van der Waals surface area contributed by atoms with E-state index in [-0.39, 0.29) is 11.3 Å². The van der Waals surface area contributed by atoms with Crippen LogP contribution >= 0.6 is 11.8 Å². The van der Waals surface area contributed by atoms with Crippen molar-refractivity contribution < 1.29 is 19.5 Å². The fraction of sp³-hybridized carbons (Fsp3) is 0.500. The van der Waals surface area contributed by atoms with Gasteiger partial charge in [-0.25, -0.2) is 9.78 Å². The zero-order chi connectivity index (χ0) is 14.5. The summed E-state index contributed by atoms with van der Waals surface area (Å²) in [7, 11) is 0. The van der Waals surface area contributed by atoms with Crippen molar-refractivity contribution in [3.63, 3.8) is 0 Å². The van der Waals surface area contributed by atoms with Crippen molar-refractivity contribution in [1.29, 1.82) is 0 Å². The van der Waals surface area contributed by atoms with E-state index in [1.54, 1.807) is 10.8 Å². The average molecular weight is 295 g/mol. The quantitative estimate of drug-likeness (QED) is 0.630. The van der Waals surface area contributed by atoms with E-state index in [1.165, 1.54) is 23.0 Å². The highest BCUT2D eigenvalue weighted by Gasteiger charge is 2.60. The number of β-lactam (4-membered cyclic amide) rings is 1. The minimum Gasteiger partial charge on any atom is -0.480 e. The molecule has 7 nitrogen and oxygen atoms in total. The molecule has 0 radical (unpaired) electrons. The van der Waals surface area contributed by atoms with Gasteiger partial charge in [-0.05, 0) is 6.92 Å². The van der Waals surface area contributed by atoms with Gasteiger partial charge in [-0.1, -0.05) is 0 Å². The van der Waals surface area contributed by atoms with Gasteiger partial charge in [0.2, 0.25) is 5.91 Å². The predicted octanol–water partition coefficient (Wildman–Crippen LogP) is 0.213. The van der Waals surface area contributed by atoms with Gasteiger partial charge in [0.15, 0.2) is 6.29 Å². The second kappa shape index (κ2) is 4.34. The largest absolute Gasteiger partial charge is 0.480 e. The number of nitrogens with zero attached hydrogens (tertiary/aromatic N) is 3. The molecule has 2 saturated heterocycles. The van der Waals surface area contributed by atoms with Crippen molar-refractivity contribution in [3.05, 3.63) is 18.2 Å². The van der Waals surface area contributed by atoms with Gasteiger partial charge in [0.25, 0.3) is 0 Å². The first-order valence-corrected chi connectivity index (χ1v) is 7.01. The van der Waals surface area contributed by atoms with Gasteiger partial charge >= 0.3 is 5.97 Å². The highest BCUT2D eigenvalue weighted by Crippen LogP contribution is 2.51. The van der Waals surface area contributed by atoms with Crippen LogP contribution in [0.2, 0.25) is 0 Å². The third-order valence-corrected chi connectivity index (χ3v) is 5.27. The molecule has 0 unspecified atom stereocenters. The summed E-state index contributed by atoms with van der Waals surface area (Å²) in [5.41, 5.74) is 0.308. The summed E-state index contributed by atoms with van der Waals surface area (Å²) in [4.78, 5) is 39.1. The molecule has 1 aromatic heterocycles. The van der Waals surface area contributed by atoms with Crippen LogP contribution in [-0.2, 0) is 16.1 Å². The van der Waals surface area contributed by atoms with Crippen molar-refractivity contribution in [3.8, 4) is 0 Å². The molecule has 1 aromatic rings. The second-order valence-electron chi connectivity index (χ2n) is 5.22. The molecule has 20 heavy (non-hydrogen) atoms. The Bertz CT molecular complexity index is 601. The SMILES string of the molecule is C[C@@]1(Cn2cnc(C=O)c2)S[C@@H]2CC(=O)N2[C@H]1C(=O)O. The highest BCUT2D eigenvalue weighted by molar-refractivity contribution is 8.01. The molecule has 0 aromatic carbocycles. The molecule has 0 saturated carbocycles. The van der Waals surface area contributed by atoms with Gasteiger partial charge in [0, 0.05) is 12.7 Å². The number of amides is 1. The average Bonchev–Trinajstić information content (AvgIpc) is 2.90. The Labute approximate surface area is 119 Å². The lowest BCUT2D eigenvalue weighted by Crippen LogP contribution is -2.57. The smallest absolute Gasteiger partial charge is 0.327 e. The van der Waals surface area contributed by atoms with Gasteiger partial charge < -0.3 is 14.6 Å². The number of fused-ring (bicyclic) bond motifs is 1. The van der Waals surface area contributed by atoms with E-state index >= 15 is 0 Å². The maximum absolute atomic E-state index is 11.6. The Hall–Kier alpha value is -1.83. The topological polar surface area (TPSA) is 92.5 Å². The Morgan fingerprint density at radius 3 is 3.00 bits per heavy atom. The number of rotatable bonds is 4. The lowest BCUT2D eigenvalue weighted by Gasteiger charge is -2.37. The van der Waals surface area contributed by atoms with E-state index in [2.05, 4.69) is 4.98 Å². The number of carbonyl (C=O) groups is 3. The number of carbonyl (C=O) groups excluding carboxylic acids is 2. The van der Waals surface area contributed by atoms with Crippen LogP contribution in [0.4, 0.5) is 0 Å². The standard InChI is InChI=1S/C12H13N3O4S/c1-12(5-14-3-7(4-16)13-6-14)10(11(18)19)15-8(17)2-9(15)20-12/h3-4,6,9-10H,2,5H2,1H3,(H,18,19)/t9-,10+,12+/m1/s1. The monoisotopic (exact) mass is 295 g/mol. The summed E-state index contributed by atoms with van der Waals surface area (Å²) < 4.78 is 1.06. The first kappa shape index (κ1) is 13.2. The van der Waals surface area contributed by atoms with Crippen LogP contribution in [0.5, 0.6) is 0 Å². The number of thioether (sulfide) groups is 1. The van der Waals surface area contributed by atoms with Crippen LogP contribution in [0.1, 0.15) is 23.8 Å². The van der Waals surface area contributed by atoms with Crippen LogP contribution < -0.4 is 0 Å². The maximum Gasteiger partial charge on any atom is 0.327 e. The van der Waals surface area contributed by atoms with E-state index < -0.39 is 16.8 Å². The van der Waals surface area contributed by atoms with Gasteiger partial charge in [-0.3, -0.25) is 9.59 Å². The summed E-state index contributed by atoms with van der Waals surface area (Å²) in [5.74, 6) is -1.11. The third-order valence-electron chi connectivity index (χ3n) is 3.71. The lowest BCUT2D eigenvalue weighted by molar-refractivity contribution is -0.157. The molecule has 2 aliphatic rings. The van der Waals surface area contributed by atoms with Crippen molar-refractivity contribution in [1.82, 2.24) is 14.5 Å². The van der Waals surface area contributed by atoms with E-state index in [4.69, 9.17) is 0 Å². The molecule has 1 amide bonds. The molecule has 2 aliphatic heterocycles. The van der Waals surface area contributed by atoms with E-state index in [1.807, 2.05) is 6.92 Å². The summed E-state index contributed by atoms with van der Waals surface area (Å²) in [6.07, 6.45) is 4.13. The molecular weight excluding hydrogens is 282 g/mol. The molecule has 8 heteroatoms. The van der Waals surface area contributed by atoms with E-state index in [0.29, 0.717) is 24.9 Å². The van der Waals surface area contributed by atoms with Crippen LogP contribution in [0.15, 0.2) is 12.5 Å². The minimum absolute atomic E-state index is 0.0531. The highest BCUT2D eigenvalue weighted by atomic mass is 32.2. The molecule has 0 spiro atoms. The summed E-state index contributed by atoms with van der Waals surface area (Å²) in [5, 5.41) is 9.38. The second-order valence-corrected chi connectivity index (χ2v) is 6.93. The van der Waals surface area contributed by atoms with Crippen molar-refractivity contribution in [2.24, 2.45) is 0 Å². The van der Waals surface area contributed by atoms with Gasteiger partial charge in [0.05, 0.1) is 22.9 Å². The molecule has 0 aliphatic carbocycles. The van der Waals surface area contributed by atoms with Crippen LogP contribution in [0.3, 0.4) is 0 Å². The van der Waals surface area contributed by atoms with Crippen LogP contribution in [-0.4, -0.2) is 53.9 Å². The molecule has 0 bridgehead atoms. The molecule has 1 N–H and O–H groups in total. The molecule has 3 heterocycles. The number of carboxylic acids is 1. The fourth-order valence-electron chi connectivity index (χ4n) is 2.87. The summed E-state index contributed by atoms with van der Waals surface area (Å²) in [6, 6.07) is -0.846. The third kappa shape index (κ3) is 1.82. The Kier molecular flexibility index (Phi) is 2.86. The minimum atomic E-state index is -0.994. The number of carboxylic acid groups (broad SMARTS) is 1. The normalized spacial score (nSPS) is 31.9. The van der Waals surface area contributed by atoms with Crippen LogP contribution in [0, 0.1) is 0 Å². The molecule has 2 fully saturated rings. The maximum atomic E-state index is 11.6. The van der Waals surface area contributed by atoms with E-state index in [9.17, 15) is 19.5 Å². The Morgan fingerprint density at radius 2 is 2.45 bits per heavy atom. The number of aromatic nitrogens is 2. The molecule has 106 valence electrons.